The van der Waals surface area contributed by atoms with E-state index in [1.54, 1.807) is 0 Å². The van der Waals surface area contributed by atoms with Gasteiger partial charge in [-0.15, -0.1) is 0 Å². The number of piperazine rings is 1. The number of aromatic nitrogens is 2. The Bertz CT molecular complexity index is 920. The van der Waals surface area contributed by atoms with Crippen molar-refractivity contribution in [2.24, 2.45) is 0 Å². The predicted octanol–water partition coefficient (Wildman–Crippen LogP) is 2.17. The fourth-order valence-electron chi connectivity index (χ4n) is 3.29. The Hall–Kier alpha value is -2.99. The number of carbonyl (C=O) groups excluding carboxylic acids is 1. The molecule has 0 saturated carbocycles. The van der Waals surface area contributed by atoms with Gasteiger partial charge in [-0.2, -0.15) is 0 Å². The summed E-state index contributed by atoms with van der Waals surface area (Å²) in [5.41, 5.74) is 7.68. The van der Waals surface area contributed by atoms with Crippen molar-refractivity contribution in [2.75, 3.05) is 31.9 Å². The summed E-state index contributed by atoms with van der Waals surface area (Å²) in [5.74, 6) is 1.34. The van der Waals surface area contributed by atoms with Gasteiger partial charge in [-0.05, 0) is 24.3 Å². The number of fused-ring (bicyclic) bond motifs is 1. The quantitative estimate of drug-likeness (QED) is 0.786. The van der Waals surface area contributed by atoms with Crippen LogP contribution in [0, 0.1) is 0 Å². The summed E-state index contributed by atoms with van der Waals surface area (Å²) in [6.07, 6.45) is 0. The van der Waals surface area contributed by atoms with Crippen molar-refractivity contribution in [1.29, 1.82) is 0 Å². The standard InChI is InChI=1S/C20H21N5O/c21-19-16-8-4-5-9-17(16)22-18(23-19)14-24-10-12-25(13-11-24)20(26)15-6-2-1-3-7-15/h1-9H,10-14H2,(H2,21,22,23). The van der Waals surface area contributed by atoms with E-state index in [0.717, 1.165) is 35.4 Å². The maximum Gasteiger partial charge on any atom is 0.253 e. The molecule has 0 spiro atoms. The van der Waals surface area contributed by atoms with E-state index >= 15 is 0 Å². The number of carbonyl (C=O) groups is 1. The maximum atomic E-state index is 12.5. The minimum atomic E-state index is 0.0939. The number of amides is 1. The molecular formula is C20H21N5O. The molecule has 1 aromatic heterocycles. The topological polar surface area (TPSA) is 75.3 Å². The third kappa shape index (κ3) is 3.36. The molecule has 0 radical (unpaired) electrons. The fourth-order valence-corrected chi connectivity index (χ4v) is 3.29. The lowest BCUT2D eigenvalue weighted by atomic mass is 10.2. The van der Waals surface area contributed by atoms with E-state index in [2.05, 4.69) is 14.9 Å². The first-order valence-electron chi connectivity index (χ1n) is 8.78. The van der Waals surface area contributed by atoms with E-state index in [0.29, 0.717) is 25.5 Å². The minimum Gasteiger partial charge on any atom is -0.383 e. The molecule has 132 valence electrons. The summed E-state index contributed by atoms with van der Waals surface area (Å²) in [7, 11) is 0. The minimum absolute atomic E-state index is 0.0939. The van der Waals surface area contributed by atoms with Gasteiger partial charge in [0.05, 0.1) is 12.1 Å². The number of nitrogens with zero attached hydrogens (tertiary/aromatic N) is 4. The number of hydrogen-bond acceptors (Lipinski definition) is 5. The second-order valence-corrected chi connectivity index (χ2v) is 6.48. The van der Waals surface area contributed by atoms with Crippen molar-refractivity contribution < 1.29 is 4.79 Å². The molecule has 0 unspecified atom stereocenters. The second kappa shape index (κ2) is 7.09. The lowest BCUT2D eigenvalue weighted by Gasteiger charge is -2.34. The predicted molar refractivity (Wildman–Crippen MR) is 102 cm³/mol. The van der Waals surface area contributed by atoms with Gasteiger partial charge in [0, 0.05) is 37.1 Å². The number of nitrogens with two attached hydrogens (primary N) is 1. The van der Waals surface area contributed by atoms with Crippen molar-refractivity contribution in [3.05, 3.63) is 66.0 Å². The average Bonchev–Trinajstić information content (AvgIpc) is 2.69. The largest absolute Gasteiger partial charge is 0.383 e. The van der Waals surface area contributed by atoms with Crippen molar-refractivity contribution >= 4 is 22.6 Å². The first kappa shape index (κ1) is 16.5. The first-order chi connectivity index (χ1) is 12.7. The van der Waals surface area contributed by atoms with Crippen LogP contribution in [0.2, 0.25) is 0 Å². The summed E-state index contributed by atoms with van der Waals surface area (Å²) in [5, 5.41) is 0.884. The van der Waals surface area contributed by atoms with Gasteiger partial charge < -0.3 is 10.6 Å². The van der Waals surface area contributed by atoms with Crippen molar-refractivity contribution in [1.82, 2.24) is 19.8 Å². The number of hydrogen-bond donors (Lipinski definition) is 1. The van der Waals surface area contributed by atoms with Gasteiger partial charge in [-0.3, -0.25) is 9.69 Å². The van der Waals surface area contributed by atoms with E-state index in [-0.39, 0.29) is 5.91 Å². The first-order valence-corrected chi connectivity index (χ1v) is 8.78. The molecule has 1 saturated heterocycles. The Labute approximate surface area is 152 Å². The average molecular weight is 347 g/mol. The van der Waals surface area contributed by atoms with Gasteiger partial charge >= 0.3 is 0 Å². The van der Waals surface area contributed by atoms with Crippen LogP contribution < -0.4 is 5.73 Å². The summed E-state index contributed by atoms with van der Waals surface area (Å²) >= 11 is 0. The van der Waals surface area contributed by atoms with Crippen LogP contribution in [0.4, 0.5) is 5.82 Å². The van der Waals surface area contributed by atoms with Crippen molar-refractivity contribution in [3.8, 4) is 0 Å². The second-order valence-electron chi connectivity index (χ2n) is 6.48. The van der Waals surface area contributed by atoms with Crippen LogP contribution in [-0.2, 0) is 6.54 Å². The molecule has 0 bridgehead atoms. The van der Waals surface area contributed by atoms with Crippen molar-refractivity contribution in [2.45, 2.75) is 6.54 Å². The van der Waals surface area contributed by atoms with Crippen LogP contribution in [0.15, 0.2) is 54.6 Å². The zero-order chi connectivity index (χ0) is 17.9. The molecule has 3 aromatic rings. The number of benzene rings is 2. The lowest BCUT2D eigenvalue weighted by molar-refractivity contribution is 0.0625. The van der Waals surface area contributed by atoms with Crippen LogP contribution in [0.3, 0.4) is 0 Å². The van der Waals surface area contributed by atoms with Gasteiger partial charge in [-0.25, -0.2) is 9.97 Å². The molecule has 0 aliphatic carbocycles. The Morgan fingerprint density at radius 3 is 2.38 bits per heavy atom. The summed E-state index contributed by atoms with van der Waals surface area (Å²) in [4.78, 5) is 25.7. The zero-order valence-electron chi connectivity index (χ0n) is 14.5. The van der Waals surface area contributed by atoms with Crippen molar-refractivity contribution in [3.63, 3.8) is 0 Å². The molecule has 1 aliphatic heterocycles. The Balaban J connectivity index is 1.40. The molecule has 0 atom stereocenters. The molecule has 26 heavy (non-hydrogen) atoms. The molecule has 4 rings (SSSR count). The summed E-state index contributed by atoms with van der Waals surface area (Å²) in [6.45, 7) is 3.65. The normalized spacial score (nSPS) is 15.3. The van der Waals surface area contributed by atoms with Gasteiger partial charge in [0.15, 0.2) is 0 Å². The molecule has 1 fully saturated rings. The van der Waals surface area contributed by atoms with Gasteiger partial charge in [-0.1, -0.05) is 30.3 Å². The van der Waals surface area contributed by atoms with Crippen LogP contribution >= 0.6 is 0 Å². The van der Waals surface area contributed by atoms with Crippen LogP contribution in [-0.4, -0.2) is 51.9 Å². The summed E-state index contributed by atoms with van der Waals surface area (Å²) < 4.78 is 0. The SMILES string of the molecule is Nc1nc(CN2CCN(C(=O)c3ccccc3)CC2)nc2ccccc12. The molecule has 6 nitrogen and oxygen atoms in total. The molecular weight excluding hydrogens is 326 g/mol. The molecule has 6 heteroatoms. The van der Waals surface area contributed by atoms with E-state index < -0.39 is 0 Å². The van der Waals surface area contributed by atoms with E-state index in [1.165, 1.54) is 0 Å². The van der Waals surface area contributed by atoms with Gasteiger partial charge in [0.2, 0.25) is 0 Å². The highest BCUT2D eigenvalue weighted by Gasteiger charge is 2.22. The highest BCUT2D eigenvalue weighted by molar-refractivity contribution is 5.94. The Morgan fingerprint density at radius 2 is 1.62 bits per heavy atom. The van der Waals surface area contributed by atoms with Crippen LogP contribution in [0.5, 0.6) is 0 Å². The smallest absolute Gasteiger partial charge is 0.253 e. The fraction of sp³-hybridized carbons (Fsp3) is 0.250. The maximum absolute atomic E-state index is 12.5. The van der Waals surface area contributed by atoms with Crippen LogP contribution in [0.1, 0.15) is 16.2 Å². The third-order valence-electron chi connectivity index (χ3n) is 4.72. The summed E-state index contributed by atoms with van der Waals surface area (Å²) in [6, 6.07) is 17.2. The monoisotopic (exact) mass is 347 g/mol. The molecule has 2 aromatic carbocycles. The van der Waals surface area contributed by atoms with E-state index in [9.17, 15) is 4.79 Å². The third-order valence-corrected chi connectivity index (χ3v) is 4.72. The highest BCUT2D eigenvalue weighted by Crippen LogP contribution is 2.18. The molecule has 1 amide bonds. The lowest BCUT2D eigenvalue weighted by Crippen LogP contribution is -2.48. The number of para-hydroxylation sites is 1. The van der Waals surface area contributed by atoms with E-state index in [4.69, 9.17) is 5.73 Å². The zero-order valence-corrected chi connectivity index (χ0v) is 14.5. The van der Waals surface area contributed by atoms with Gasteiger partial charge in [0.25, 0.3) is 5.91 Å². The van der Waals surface area contributed by atoms with Gasteiger partial charge in [0.1, 0.15) is 11.6 Å². The number of rotatable bonds is 3. The Morgan fingerprint density at radius 1 is 0.923 bits per heavy atom. The number of anilines is 1. The molecule has 2 N–H and O–H groups in total. The molecule has 2 heterocycles. The van der Waals surface area contributed by atoms with E-state index in [1.807, 2.05) is 59.5 Å². The molecule has 1 aliphatic rings. The highest BCUT2D eigenvalue weighted by atomic mass is 16.2. The Kier molecular flexibility index (Phi) is 4.50. The number of nitrogen functional groups attached to an aromatic ring is 1. The van der Waals surface area contributed by atoms with Crippen LogP contribution in [0.25, 0.3) is 10.9 Å².